The molecule has 0 N–H and O–H groups in total. The summed E-state index contributed by atoms with van der Waals surface area (Å²) in [5.41, 5.74) is 1.62. The molecule has 0 radical (unpaired) electrons. The topological polar surface area (TPSA) is 122 Å². The van der Waals surface area contributed by atoms with Crippen molar-refractivity contribution in [1.82, 2.24) is 0 Å². The molecule has 0 fully saturated rings. The summed E-state index contributed by atoms with van der Waals surface area (Å²) in [5, 5.41) is 2.65. The Morgan fingerprint density at radius 1 is 0.919 bits per heavy atom. The number of anilines is 1. The molecule has 188 valence electrons. The Hall–Kier alpha value is 0.620. The van der Waals surface area contributed by atoms with Crippen molar-refractivity contribution in [2.24, 2.45) is 0 Å². The standard InChI is InChI=1S/C21H20Cl2N2O6S4.2Na/c22-14-3-5-18-16(11-14)24(7-1-9-34(26,27)28)20(32-18)13-21-25(8-2-10-35(29,30)31)17-12-15(23)4-6-19(17)33-21;;/h3-6,11-13H,1-2,7-10H2,(H-,26,27,28,29,30,31);;/q;2*+1/p-1. The Kier molecular flexibility index (Phi) is 12.8. The third-order valence-corrected chi connectivity index (χ3v) is 9.46. The van der Waals surface area contributed by atoms with E-state index in [0.29, 0.717) is 23.1 Å². The smallest absolute Gasteiger partial charge is 0.748 e. The predicted octanol–water partition coefficient (Wildman–Crippen LogP) is -1.72. The van der Waals surface area contributed by atoms with E-state index in [1.54, 1.807) is 24.3 Å². The monoisotopic (exact) mass is 639 g/mol. The molecular weight excluding hydrogens is 621 g/mol. The van der Waals surface area contributed by atoms with Gasteiger partial charge in [0, 0.05) is 45.5 Å². The van der Waals surface area contributed by atoms with Crippen LogP contribution in [-0.2, 0) is 26.8 Å². The van der Waals surface area contributed by atoms with Gasteiger partial charge in [0.1, 0.15) is 4.70 Å². The van der Waals surface area contributed by atoms with E-state index in [2.05, 4.69) is 0 Å². The van der Waals surface area contributed by atoms with E-state index >= 15 is 0 Å². The van der Waals surface area contributed by atoms with Gasteiger partial charge in [-0.2, -0.15) is 4.57 Å². The summed E-state index contributed by atoms with van der Waals surface area (Å²) in [5.74, 6) is -0.967. The molecule has 0 unspecified atom stereocenters. The van der Waals surface area contributed by atoms with Crippen LogP contribution in [0.2, 0.25) is 10.0 Å². The summed E-state index contributed by atoms with van der Waals surface area (Å²) in [6.07, 6.45) is 2.20. The van der Waals surface area contributed by atoms with Crippen LogP contribution in [-0.4, -0.2) is 44.0 Å². The summed E-state index contributed by atoms with van der Waals surface area (Å²) in [7, 11) is -8.69. The molecule has 4 rings (SSSR count). The van der Waals surface area contributed by atoms with Gasteiger partial charge in [0.25, 0.3) is 5.01 Å². The average molecular weight is 641 g/mol. The van der Waals surface area contributed by atoms with Crippen molar-refractivity contribution in [1.29, 1.82) is 0 Å². The van der Waals surface area contributed by atoms with E-state index < -0.39 is 31.7 Å². The summed E-state index contributed by atoms with van der Waals surface area (Å²) < 4.78 is 69.6. The number of aromatic nitrogens is 1. The molecule has 8 nitrogen and oxygen atoms in total. The molecule has 0 saturated heterocycles. The Bertz CT molecular complexity index is 1530. The minimum atomic E-state index is -4.35. The Labute approximate surface area is 278 Å². The van der Waals surface area contributed by atoms with Crippen molar-refractivity contribution in [3.05, 3.63) is 56.5 Å². The van der Waals surface area contributed by atoms with Gasteiger partial charge in [0.15, 0.2) is 6.54 Å². The molecule has 16 heteroatoms. The van der Waals surface area contributed by atoms with Crippen molar-refractivity contribution < 1.29 is 89.6 Å². The van der Waals surface area contributed by atoms with Gasteiger partial charge in [-0.25, -0.2) is 16.8 Å². The number of thioether (sulfide) groups is 1. The van der Waals surface area contributed by atoms with E-state index in [4.69, 9.17) is 23.2 Å². The normalized spacial score (nSPS) is 14.5. The van der Waals surface area contributed by atoms with Crippen LogP contribution in [0.25, 0.3) is 16.3 Å². The molecule has 0 bridgehead atoms. The van der Waals surface area contributed by atoms with Crippen molar-refractivity contribution in [2.45, 2.75) is 24.3 Å². The first kappa shape index (κ1) is 33.8. The van der Waals surface area contributed by atoms with Crippen molar-refractivity contribution in [3.63, 3.8) is 0 Å². The van der Waals surface area contributed by atoms with E-state index in [9.17, 15) is 25.9 Å². The molecule has 1 aliphatic rings. The van der Waals surface area contributed by atoms with Crippen LogP contribution in [0.3, 0.4) is 0 Å². The molecule has 37 heavy (non-hydrogen) atoms. The first-order valence-electron chi connectivity index (χ1n) is 10.4. The van der Waals surface area contributed by atoms with E-state index in [1.165, 1.54) is 23.1 Å². The molecule has 3 aromatic rings. The number of halogens is 2. The number of fused-ring (bicyclic) bond motifs is 2. The molecule has 0 saturated carbocycles. The zero-order valence-electron chi connectivity index (χ0n) is 20.0. The predicted molar refractivity (Wildman–Crippen MR) is 138 cm³/mol. The Morgan fingerprint density at radius 3 is 2.22 bits per heavy atom. The van der Waals surface area contributed by atoms with Crippen molar-refractivity contribution >= 4 is 88.5 Å². The number of aryl methyl sites for hydroxylation is 1. The van der Waals surface area contributed by atoms with E-state index in [-0.39, 0.29) is 72.0 Å². The van der Waals surface area contributed by atoms with Gasteiger partial charge in [0.05, 0.1) is 37.0 Å². The molecule has 1 aromatic heterocycles. The molecule has 1 aliphatic heterocycles. The number of thiazole rings is 1. The second-order valence-electron chi connectivity index (χ2n) is 7.78. The molecular formula is C21H19Cl2N2Na2O6S4+. The number of benzene rings is 2. The van der Waals surface area contributed by atoms with Crippen molar-refractivity contribution in [2.75, 3.05) is 23.0 Å². The molecule has 0 atom stereocenters. The first-order valence-corrected chi connectivity index (χ1v) is 15.9. The number of hydrogen-bond acceptors (Lipinski definition) is 9. The second kappa shape index (κ2) is 14.0. The maximum atomic E-state index is 11.1. The second-order valence-corrected chi connectivity index (χ2v) is 13.8. The Balaban J connectivity index is 0.00000241. The average Bonchev–Trinajstić information content (AvgIpc) is 3.24. The van der Waals surface area contributed by atoms with Crippen LogP contribution in [0.15, 0.2) is 46.3 Å². The van der Waals surface area contributed by atoms with Gasteiger partial charge in [0.2, 0.25) is 5.52 Å². The molecule has 2 aromatic carbocycles. The SMILES string of the molecule is O=S(=O)([O-])CCCN1C(=Cc2sc3ccc(Cl)cc3[n+]2CCCS(=O)(=O)[O-])Sc2ccc(Cl)cc21.[Na+].[Na+]. The zero-order chi connectivity index (χ0) is 25.4. The summed E-state index contributed by atoms with van der Waals surface area (Å²) in [4.78, 5) is 2.85. The van der Waals surface area contributed by atoms with Gasteiger partial charge < -0.3 is 14.0 Å². The maximum Gasteiger partial charge on any atom is 1.00 e. The third-order valence-electron chi connectivity index (χ3n) is 5.18. The molecule has 2 heterocycles. The fourth-order valence-electron chi connectivity index (χ4n) is 3.73. The number of hydrogen-bond donors (Lipinski definition) is 0. The summed E-state index contributed by atoms with van der Waals surface area (Å²) in [6, 6.07) is 10.8. The van der Waals surface area contributed by atoms with E-state index in [1.807, 2.05) is 27.7 Å². The summed E-state index contributed by atoms with van der Waals surface area (Å²) in [6.45, 7) is 0.581. The molecule has 0 spiro atoms. The van der Waals surface area contributed by atoms with E-state index in [0.717, 1.165) is 30.8 Å². The fourth-order valence-corrected chi connectivity index (χ4v) is 7.31. The van der Waals surface area contributed by atoms with Crippen LogP contribution in [0, 0.1) is 0 Å². The fraction of sp³-hybridized carbons (Fsp3) is 0.286. The van der Waals surface area contributed by atoms with Crippen LogP contribution in [0.1, 0.15) is 17.8 Å². The minimum absolute atomic E-state index is 0. The van der Waals surface area contributed by atoms with Gasteiger partial charge in [-0.1, -0.05) is 46.3 Å². The van der Waals surface area contributed by atoms with Gasteiger partial charge >= 0.3 is 59.1 Å². The Morgan fingerprint density at radius 2 is 1.54 bits per heavy atom. The number of rotatable bonds is 9. The van der Waals surface area contributed by atoms with Crippen molar-refractivity contribution in [3.8, 4) is 0 Å². The van der Waals surface area contributed by atoms with Crippen LogP contribution < -0.4 is 68.6 Å². The van der Waals surface area contributed by atoms with Crippen LogP contribution in [0.5, 0.6) is 0 Å². The van der Waals surface area contributed by atoms with Crippen LogP contribution in [0.4, 0.5) is 5.69 Å². The zero-order valence-corrected chi connectivity index (χ0v) is 28.8. The third kappa shape index (κ3) is 9.32. The van der Waals surface area contributed by atoms with Gasteiger partial charge in [-0.15, -0.1) is 0 Å². The minimum Gasteiger partial charge on any atom is -0.748 e. The summed E-state index contributed by atoms with van der Waals surface area (Å²) >= 11 is 15.4. The number of nitrogens with zero attached hydrogens (tertiary/aromatic N) is 2. The molecule has 0 amide bonds. The van der Waals surface area contributed by atoms with Gasteiger partial charge in [-0.3, -0.25) is 0 Å². The van der Waals surface area contributed by atoms with Crippen LogP contribution >= 0.6 is 46.3 Å². The quantitative estimate of drug-likeness (QED) is 0.154. The molecule has 0 aliphatic carbocycles. The maximum absolute atomic E-state index is 11.1. The van der Waals surface area contributed by atoms with Gasteiger partial charge in [-0.05, 0) is 36.8 Å². The first-order chi connectivity index (χ1) is 16.4. The largest absolute Gasteiger partial charge is 1.00 e.